The van der Waals surface area contributed by atoms with Crippen LogP contribution >= 0.6 is 22.6 Å². The highest BCUT2D eigenvalue weighted by Crippen LogP contribution is 1.91. The number of hydrogen-bond donors (Lipinski definition) is 0. The number of rotatable bonds is 0. The average Bonchev–Trinajstić information content (AvgIpc) is 1.82. The Balaban J connectivity index is 3.31. The third kappa shape index (κ3) is 1.51. The van der Waals surface area contributed by atoms with E-state index in [1.165, 1.54) is 0 Å². The van der Waals surface area contributed by atoms with Gasteiger partial charge in [-0.05, 0) is 29.5 Å². The molecule has 0 fully saturated rings. The molecule has 2 nitrogen and oxygen atoms in total. The van der Waals surface area contributed by atoms with Gasteiger partial charge in [0.05, 0.1) is 0 Å². The second-order valence-electron chi connectivity index (χ2n) is 1.86. The van der Waals surface area contributed by atoms with E-state index in [-0.39, 0.29) is 0 Å². The van der Waals surface area contributed by atoms with Crippen molar-refractivity contribution < 1.29 is 0 Å². The molecule has 0 saturated carbocycles. The summed E-state index contributed by atoms with van der Waals surface area (Å²) in [7, 11) is 11.0. The fraction of sp³-hybridized carbons (Fsp3) is 0.200. The van der Waals surface area contributed by atoms with Crippen molar-refractivity contribution in [1.29, 1.82) is 0 Å². The highest BCUT2D eigenvalue weighted by atomic mass is 127. The molecular weight excluding hydrogens is 237 g/mol. The Morgan fingerprint density at radius 3 is 2.00 bits per heavy atom. The number of halogens is 1. The lowest BCUT2D eigenvalue weighted by atomic mass is 9.97. The Morgan fingerprint density at radius 2 is 1.60 bits per heavy atom. The molecular formula is C5H3B2IN2. The van der Waals surface area contributed by atoms with Crippen molar-refractivity contribution in [2.45, 2.75) is 6.92 Å². The van der Waals surface area contributed by atoms with Gasteiger partial charge < -0.3 is 0 Å². The Morgan fingerprint density at radius 1 is 1.20 bits per heavy atom. The van der Waals surface area contributed by atoms with Gasteiger partial charge >= 0.3 is 0 Å². The second kappa shape index (κ2) is 2.90. The van der Waals surface area contributed by atoms with Crippen LogP contribution in [0.5, 0.6) is 0 Å². The molecule has 0 bridgehead atoms. The average molecular weight is 240 g/mol. The van der Waals surface area contributed by atoms with E-state index in [0.717, 1.165) is 3.57 Å². The standard InChI is InChI=1S/C5H3B2IN2/c1-2-9-4(6)3(8)5(7)10-2/h1H3. The van der Waals surface area contributed by atoms with E-state index in [1.807, 2.05) is 22.6 Å². The van der Waals surface area contributed by atoms with Gasteiger partial charge in [-0.15, -0.1) is 0 Å². The molecule has 0 aliphatic rings. The summed E-state index contributed by atoms with van der Waals surface area (Å²) in [5, 5.41) is 0. The largest absolute Gasteiger partial charge is 0.249 e. The zero-order valence-corrected chi connectivity index (χ0v) is 7.58. The van der Waals surface area contributed by atoms with Crippen molar-refractivity contribution in [1.82, 2.24) is 9.97 Å². The van der Waals surface area contributed by atoms with E-state index in [0.29, 0.717) is 17.0 Å². The van der Waals surface area contributed by atoms with Crippen LogP contribution in [0.1, 0.15) is 5.82 Å². The quantitative estimate of drug-likeness (QED) is 0.428. The minimum Gasteiger partial charge on any atom is -0.249 e. The maximum Gasteiger partial charge on any atom is 0.143 e. The van der Waals surface area contributed by atoms with E-state index in [4.69, 9.17) is 15.7 Å². The molecule has 0 aliphatic carbocycles. The highest BCUT2D eigenvalue weighted by Gasteiger charge is 1.99. The van der Waals surface area contributed by atoms with Crippen molar-refractivity contribution in [3.05, 3.63) is 9.39 Å². The number of aromatic nitrogens is 2. The molecule has 0 unspecified atom stereocenters. The van der Waals surface area contributed by atoms with E-state index < -0.39 is 0 Å². The van der Waals surface area contributed by atoms with Crippen LogP contribution in [0, 0.1) is 10.5 Å². The summed E-state index contributed by atoms with van der Waals surface area (Å²) in [5.41, 5.74) is 0.899. The van der Waals surface area contributed by atoms with Gasteiger partial charge in [-0.3, -0.25) is 0 Å². The molecule has 1 heterocycles. The molecule has 0 atom stereocenters. The fourth-order valence-corrected chi connectivity index (χ4v) is 0.844. The molecule has 0 aromatic carbocycles. The molecule has 5 heteroatoms. The number of hydrogen-bond acceptors (Lipinski definition) is 2. The topological polar surface area (TPSA) is 25.8 Å². The molecule has 0 saturated heterocycles. The van der Waals surface area contributed by atoms with Gasteiger partial charge in [0.1, 0.15) is 21.5 Å². The van der Waals surface area contributed by atoms with E-state index in [2.05, 4.69) is 9.97 Å². The predicted molar refractivity (Wildman–Crippen MR) is 50.3 cm³/mol. The molecule has 0 amide bonds. The molecule has 0 spiro atoms. The van der Waals surface area contributed by atoms with Crippen molar-refractivity contribution in [3.63, 3.8) is 0 Å². The van der Waals surface area contributed by atoms with Gasteiger partial charge in [0, 0.05) is 14.8 Å². The fourth-order valence-electron chi connectivity index (χ4n) is 0.603. The summed E-state index contributed by atoms with van der Waals surface area (Å²) in [6.45, 7) is 1.75. The van der Waals surface area contributed by atoms with E-state index in [1.54, 1.807) is 6.92 Å². The van der Waals surface area contributed by atoms with Gasteiger partial charge in [0.15, 0.2) is 0 Å². The Kier molecular flexibility index (Phi) is 2.33. The van der Waals surface area contributed by atoms with Gasteiger partial charge in [0.25, 0.3) is 0 Å². The minimum atomic E-state index is 0.450. The first-order chi connectivity index (χ1) is 4.61. The Labute approximate surface area is 75.8 Å². The maximum atomic E-state index is 5.48. The molecule has 1 rings (SSSR count). The molecule has 46 valence electrons. The lowest BCUT2D eigenvalue weighted by molar-refractivity contribution is 1.09. The smallest absolute Gasteiger partial charge is 0.143 e. The van der Waals surface area contributed by atoms with Gasteiger partial charge in [-0.25, -0.2) is 9.97 Å². The lowest BCUT2D eigenvalue weighted by Crippen LogP contribution is -2.27. The van der Waals surface area contributed by atoms with Crippen LogP contribution in [0.15, 0.2) is 0 Å². The summed E-state index contributed by atoms with van der Waals surface area (Å²) >= 11 is 2.01. The summed E-state index contributed by atoms with van der Waals surface area (Å²) < 4.78 is 0.725. The van der Waals surface area contributed by atoms with Gasteiger partial charge in [0.2, 0.25) is 0 Å². The van der Waals surface area contributed by atoms with Gasteiger partial charge in [-0.1, -0.05) is 0 Å². The van der Waals surface area contributed by atoms with Crippen LogP contribution < -0.4 is 11.2 Å². The zero-order chi connectivity index (χ0) is 7.72. The summed E-state index contributed by atoms with van der Waals surface area (Å²) in [4.78, 5) is 7.83. The first-order valence-electron chi connectivity index (χ1n) is 2.66. The SMILES string of the molecule is [B]c1nc(C)nc([B])c1I. The van der Waals surface area contributed by atoms with E-state index in [9.17, 15) is 0 Å². The zero-order valence-electron chi connectivity index (χ0n) is 5.43. The molecule has 0 aliphatic heterocycles. The first-order valence-corrected chi connectivity index (χ1v) is 3.74. The minimum absolute atomic E-state index is 0.450. The molecule has 4 radical (unpaired) electrons. The normalized spacial score (nSPS) is 9.80. The van der Waals surface area contributed by atoms with Crippen LogP contribution in [0.4, 0.5) is 0 Å². The maximum absolute atomic E-state index is 5.48. The van der Waals surface area contributed by atoms with Crippen molar-refractivity contribution in [2.75, 3.05) is 0 Å². The van der Waals surface area contributed by atoms with Crippen LogP contribution in [0.3, 0.4) is 0 Å². The van der Waals surface area contributed by atoms with Crippen LogP contribution in [-0.2, 0) is 0 Å². The summed E-state index contributed by atoms with van der Waals surface area (Å²) in [6.07, 6.45) is 0. The highest BCUT2D eigenvalue weighted by molar-refractivity contribution is 14.1. The number of aryl methyl sites for hydroxylation is 1. The second-order valence-corrected chi connectivity index (χ2v) is 2.93. The molecule has 1 aromatic rings. The van der Waals surface area contributed by atoms with Crippen molar-refractivity contribution in [3.8, 4) is 0 Å². The summed E-state index contributed by atoms with van der Waals surface area (Å²) in [6, 6.07) is 0. The molecule has 1 aromatic heterocycles. The number of nitrogens with zero attached hydrogens (tertiary/aromatic N) is 2. The molecule has 10 heavy (non-hydrogen) atoms. The van der Waals surface area contributed by atoms with E-state index >= 15 is 0 Å². The van der Waals surface area contributed by atoms with Gasteiger partial charge in [-0.2, -0.15) is 0 Å². The van der Waals surface area contributed by atoms with Crippen molar-refractivity contribution >= 4 is 49.5 Å². The third-order valence-corrected chi connectivity index (χ3v) is 2.12. The first kappa shape index (κ1) is 8.04. The molecule has 0 N–H and O–H groups in total. The Bertz CT molecular complexity index is 241. The predicted octanol–water partition coefficient (Wildman–Crippen LogP) is -1.02. The van der Waals surface area contributed by atoms with Crippen LogP contribution in [0.25, 0.3) is 0 Å². The van der Waals surface area contributed by atoms with Crippen molar-refractivity contribution in [2.24, 2.45) is 0 Å². The monoisotopic (exact) mass is 240 g/mol. The summed E-state index contributed by atoms with van der Waals surface area (Å²) in [5.74, 6) is 0.607. The lowest BCUT2D eigenvalue weighted by Gasteiger charge is -2.02. The van der Waals surface area contributed by atoms with Crippen LogP contribution in [0.2, 0.25) is 0 Å². The van der Waals surface area contributed by atoms with Crippen LogP contribution in [-0.4, -0.2) is 25.7 Å². The third-order valence-electron chi connectivity index (χ3n) is 1.01. The Hall–Kier alpha value is -0.0601.